The molecule has 0 aromatic heterocycles. The standard InChI is InChI=1S/C35H30O5.2C6H6/c36-31-21-6-1-7-22(31)17-24-9-3-11-26(33(24)38)19-28-13-5-15-30(35(28)40)20-29-14-4-12-27(34(29)39)18-25-10-2-8-23(16-21)32(25)37;2*1-2-4-6-5-3-1/h1-15,36-40H,16-20H2;2*1-6H. The summed E-state index contributed by atoms with van der Waals surface area (Å²) in [5.41, 5.74) is 6.68. The summed E-state index contributed by atoms with van der Waals surface area (Å²) in [6.45, 7) is 0. The van der Waals surface area contributed by atoms with E-state index in [-0.39, 0.29) is 28.7 Å². The van der Waals surface area contributed by atoms with E-state index in [0.717, 1.165) is 0 Å². The van der Waals surface area contributed by atoms with Crippen molar-refractivity contribution < 1.29 is 25.5 Å². The van der Waals surface area contributed by atoms with Gasteiger partial charge in [-0.2, -0.15) is 0 Å². The van der Waals surface area contributed by atoms with Crippen molar-refractivity contribution in [3.63, 3.8) is 0 Å². The van der Waals surface area contributed by atoms with Crippen LogP contribution in [0.3, 0.4) is 0 Å². The molecule has 8 rings (SSSR count). The Morgan fingerprint density at radius 2 is 0.308 bits per heavy atom. The smallest absolute Gasteiger partial charge is 0.122 e. The van der Waals surface area contributed by atoms with Crippen molar-refractivity contribution in [1.29, 1.82) is 0 Å². The number of aromatic hydroxyl groups is 5. The Morgan fingerprint density at radius 1 is 0.192 bits per heavy atom. The van der Waals surface area contributed by atoms with E-state index in [1.165, 1.54) is 0 Å². The quantitative estimate of drug-likeness (QED) is 0.109. The van der Waals surface area contributed by atoms with Crippen LogP contribution in [0.4, 0.5) is 0 Å². The summed E-state index contributed by atoms with van der Waals surface area (Å²) < 4.78 is 0. The molecule has 0 saturated heterocycles. The first-order chi connectivity index (χ1) is 25.4. The van der Waals surface area contributed by atoms with Crippen molar-refractivity contribution >= 4 is 0 Å². The lowest BCUT2D eigenvalue weighted by Crippen LogP contribution is -2.00. The fraction of sp³-hybridized carbons (Fsp3) is 0.106. The molecule has 0 fully saturated rings. The molecule has 52 heavy (non-hydrogen) atoms. The van der Waals surface area contributed by atoms with Gasteiger partial charge in [-0.15, -0.1) is 0 Å². The van der Waals surface area contributed by atoms with Gasteiger partial charge < -0.3 is 25.5 Å². The highest BCUT2D eigenvalue weighted by Gasteiger charge is 2.18. The first-order valence-electron chi connectivity index (χ1n) is 17.4. The van der Waals surface area contributed by atoms with Gasteiger partial charge in [-0.25, -0.2) is 0 Å². The molecule has 0 unspecified atom stereocenters. The number of phenolic OH excluding ortho intramolecular Hbond substituents is 5. The molecular formula is C47H42O5. The van der Waals surface area contributed by atoms with Crippen LogP contribution in [-0.2, 0) is 32.1 Å². The van der Waals surface area contributed by atoms with Crippen LogP contribution < -0.4 is 0 Å². The van der Waals surface area contributed by atoms with Gasteiger partial charge in [0, 0.05) is 32.1 Å². The Balaban J connectivity index is 0.000000327. The van der Waals surface area contributed by atoms with Crippen LogP contribution >= 0.6 is 0 Å². The Morgan fingerprint density at radius 3 is 0.423 bits per heavy atom. The zero-order valence-corrected chi connectivity index (χ0v) is 28.9. The van der Waals surface area contributed by atoms with E-state index < -0.39 is 0 Å². The predicted molar refractivity (Wildman–Crippen MR) is 207 cm³/mol. The Kier molecular flexibility index (Phi) is 11.5. The van der Waals surface area contributed by atoms with Gasteiger partial charge in [-0.3, -0.25) is 0 Å². The minimum absolute atomic E-state index is 0.127. The SMILES string of the molecule is Oc1c2cccc1Cc1cccc(c1O)Cc1cccc(c1O)Cc1cccc(c1O)Cc1cccc(c1O)C2.c1ccccc1.c1ccccc1. The summed E-state index contributed by atoms with van der Waals surface area (Å²) in [5.74, 6) is 0.635. The van der Waals surface area contributed by atoms with E-state index in [4.69, 9.17) is 0 Å². The molecule has 0 atom stereocenters. The third kappa shape index (κ3) is 8.63. The zero-order valence-electron chi connectivity index (χ0n) is 28.9. The molecule has 0 spiro atoms. The lowest BCUT2D eigenvalue weighted by Gasteiger charge is -2.16. The lowest BCUT2D eigenvalue weighted by atomic mass is 9.91. The Labute approximate surface area is 305 Å². The normalized spacial score (nSPS) is 11.8. The van der Waals surface area contributed by atoms with Crippen molar-refractivity contribution in [2.45, 2.75) is 32.1 Å². The van der Waals surface area contributed by atoms with Crippen molar-refractivity contribution in [2.24, 2.45) is 0 Å². The second kappa shape index (κ2) is 17.0. The first-order valence-corrected chi connectivity index (χ1v) is 17.4. The maximum Gasteiger partial charge on any atom is 0.122 e. The predicted octanol–water partition coefficient (Wildman–Crippen LogP) is 9.86. The van der Waals surface area contributed by atoms with Gasteiger partial charge in [0.1, 0.15) is 28.7 Å². The monoisotopic (exact) mass is 686 g/mol. The Bertz CT molecular complexity index is 1740. The minimum Gasteiger partial charge on any atom is -0.507 e. The van der Waals surface area contributed by atoms with Crippen LogP contribution in [0.15, 0.2) is 164 Å². The number of para-hydroxylation sites is 5. The molecule has 10 bridgehead atoms. The molecule has 0 aliphatic heterocycles. The summed E-state index contributed by atoms with van der Waals surface area (Å²) in [6, 6.07) is 51.6. The summed E-state index contributed by atoms with van der Waals surface area (Å²) in [4.78, 5) is 0. The zero-order chi connectivity index (χ0) is 36.3. The molecule has 0 heterocycles. The molecule has 1 aliphatic carbocycles. The summed E-state index contributed by atoms with van der Waals surface area (Å²) in [5, 5.41) is 55.9. The average molecular weight is 687 g/mol. The average Bonchev–Trinajstić information content (AvgIpc) is 3.17. The summed E-state index contributed by atoms with van der Waals surface area (Å²) in [6.07, 6.45) is 1.62. The number of benzene rings is 7. The van der Waals surface area contributed by atoms with Gasteiger partial charge >= 0.3 is 0 Å². The van der Waals surface area contributed by atoms with E-state index in [1.807, 2.05) is 164 Å². The molecule has 7 aromatic carbocycles. The molecular weight excluding hydrogens is 645 g/mol. The summed E-state index contributed by atoms with van der Waals surface area (Å²) in [7, 11) is 0. The largest absolute Gasteiger partial charge is 0.507 e. The van der Waals surface area contributed by atoms with Gasteiger partial charge in [-0.1, -0.05) is 164 Å². The molecule has 0 amide bonds. The lowest BCUT2D eigenvalue weighted by molar-refractivity contribution is 0.451. The van der Waals surface area contributed by atoms with Gasteiger partial charge in [0.2, 0.25) is 0 Å². The molecule has 5 heteroatoms. The fourth-order valence-corrected chi connectivity index (χ4v) is 6.44. The fourth-order valence-electron chi connectivity index (χ4n) is 6.44. The van der Waals surface area contributed by atoms with E-state index in [1.54, 1.807) is 0 Å². The minimum atomic E-state index is 0.127. The van der Waals surface area contributed by atoms with Gasteiger partial charge in [0.05, 0.1) is 0 Å². The molecule has 260 valence electrons. The van der Waals surface area contributed by atoms with Gasteiger partial charge in [0.25, 0.3) is 0 Å². The maximum atomic E-state index is 11.2. The number of fused-ring (bicyclic) bond motifs is 10. The number of hydrogen-bond acceptors (Lipinski definition) is 5. The van der Waals surface area contributed by atoms with E-state index in [9.17, 15) is 25.5 Å². The second-order valence-electron chi connectivity index (χ2n) is 12.8. The molecule has 5 N–H and O–H groups in total. The van der Waals surface area contributed by atoms with E-state index in [0.29, 0.717) is 87.7 Å². The number of phenols is 5. The number of rotatable bonds is 0. The molecule has 5 nitrogen and oxygen atoms in total. The molecule has 0 radical (unpaired) electrons. The van der Waals surface area contributed by atoms with Crippen LogP contribution in [0.5, 0.6) is 28.7 Å². The Hall–Kier alpha value is -6.46. The second-order valence-corrected chi connectivity index (χ2v) is 12.8. The topological polar surface area (TPSA) is 101 Å². The van der Waals surface area contributed by atoms with Crippen LogP contribution in [0, 0.1) is 0 Å². The van der Waals surface area contributed by atoms with Crippen LogP contribution in [-0.4, -0.2) is 25.5 Å². The number of hydrogen-bond donors (Lipinski definition) is 5. The molecule has 7 aromatic rings. The van der Waals surface area contributed by atoms with Crippen LogP contribution in [0.25, 0.3) is 0 Å². The van der Waals surface area contributed by atoms with Crippen molar-refractivity contribution in [2.75, 3.05) is 0 Å². The van der Waals surface area contributed by atoms with Crippen molar-refractivity contribution in [3.8, 4) is 28.7 Å². The van der Waals surface area contributed by atoms with Gasteiger partial charge in [0.15, 0.2) is 0 Å². The highest BCUT2D eigenvalue weighted by Crippen LogP contribution is 2.37. The van der Waals surface area contributed by atoms with Crippen LogP contribution in [0.2, 0.25) is 0 Å². The third-order valence-corrected chi connectivity index (χ3v) is 9.25. The molecule has 0 saturated carbocycles. The highest BCUT2D eigenvalue weighted by molar-refractivity contribution is 5.55. The summed E-state index contributed by atoms with van der Waals surface area (Å²) >= 11 is 0. The first kappa shape index (κ1) is 35.4. The van der Waals surface area contributed by atoms with Crippen molar-refractivity contribution in [3.05, 3.63) is 219 Å². The molecule has 1 aliphatic rings. The highest BCUT2D eigenvalue weighted by atomic mass is 16.3. The van der Waals surface area contributed by atoms with E-state index in [2.05, 4.69) is 0 Å². The van der Waals surface area contributed by atoms with E-state index >= 15 is 0 Å². The maximum absolute atomic E-state index is 11.2. The van der Waals surface area contributed by atoms with Crippen molar-refractivity contribution in [1.82, 2.24) is 0 Å². The third-order valence-electron chi connectivity index (χ3n) is 9.25. The van der Waals surface area contributed by atoms with Gasteiger partial charge in [-0.05, 0) is 55.6 Å². The van der Waals surface area contributed by atoms with Crippen LogP contribution in [0.1, 0.15) is 55.6 Å².